The number of rotatable bonds is 9. The third-order valence-electron chi connectivity index (χ3n) is 4.92. The molecule has 1 aliphatic heterocycles. The van der Waals surface area contributed by atoms with Crippen LogP contribution in [0, 0.1) is 0 Å². The fourth-order valence-corrected chi connectivity index (χ4v) is 20.0. The van der Waals surface area contributed by atoms with Crippen LogP contribution in [0.1, 0.15) is 66.2 Å². The van der Waals surface area contributed by atoms with Crippen LogP contribution in [0.25, 0.3) is 0 Å². The Morgan fingerprint density at radius 1 is 0.731 bits per heavy atom. The zero-order valence-corrected chi connectivity index (χ0v) is 24.1. The maximum atomic E-state index is 13.1. The summed E-state index contributed by atoms with van der Waals surface area (Å²) in [5.41, 5.74) is 1.66. The van der Waals surface area contributed by atoms with Crippen molar-refractivity contribution in [2.75, 3.05) is 6.54 Å². The Morgan fingerprint density at radius 2 is 1.15 bits per heavy atom. The molecule has 26 heavy (non-hydrogen) atoms. The molecule has 2 rings (SSSR count). The summed E-state index contributed by atoms with van der Waals surface area (Å²) in [6, 6.07) is 0. The first kappa shape index (κ1) is 22.7. The molecule has 0 atom stereocenters. The summed E-state index contributed by atoms with van der Waals surface area (Å²) in [4.78, 5) is 42.0. The number of fused-ring (bicyclic) bond motifs is 1. The molecular formula is C20H35NO2SSn2. The van der Waals surface area contributed by atoms with Gasteiger partial charge in [0, 0.05) is 0 Å². The molecule has 2 heterocycles. The Morgan fingerprint density at radius 3 is 1.58 bits per heavy atom. The molecular weight excluding hydrogens is 556 g/mol. The van der Waals surface area contributed by atoms with Gasteiger partial charge in [-0.3, -0.25) is 0 Å². The summed E-state index contributed by atoms with van der Waals surface area (Å²) in [6.07, 6.45) is 7.04. The minimum atomic E-state index is -2.44. The average Bonchev–Trinajstić information content (AvgIpc) is 3.02. The molecule has 0 saturated carbocycles. The molecule has 1 aromatic heterocycles. The number of nitrogens with zero attached hydrogens (tertiary/aromatic N) is 1. The van der Waals surface area contributed by atoms with Crippen molar-refractivity contribution in [3.63, 3.8) is 0 Å². The zero-order chi connectivity index (χ0) is 19.7. The van der Waals surface area contributed by atoms with Crippen LogP contribution in [-0.4, -0.2) is 60.0 Å². The van der Waals surface area contributed by atoms with Crippen LogP contribution in [0.2, 0.25) is 29.6 Å². The number of carbonyl (C=O) groups excluding carboxylic acids is 2. The van der Waals surface area contributed by atoms with Crippen molar-refractivity contribution in [3.05, 3.63) is 11.1 Å². The molecule has 2 amide bonds. The van der Waals surface area contributed by atoms with Gasteiger partial charge in [0.15, 0.2) is 0 Å². The third-order valence-corrected chi connectivity index (χ3v) is 24.9. The molecule has 146 valence electrons. The summed E-state index contributed by atoms with van der Waals surface area (Å²) >= 11 is -3.04. The van der Waals surface area contributed by atoms with Crippen molar-refractivity contribution in [2.45, 2.75) is 75.1 Å². The van der Waals surface area contributed by atoms with E-state index >= 15 is 0 Å². The van der Waals surface area contributed by atoms with Gasteiger partial charge in [-0.25, -0.2) is 0 Å². The van der Waals surface area contributed by atoms with Crippen LogP contribution in [0.3, 0.4) is 0 Å². The van der Waals surface area contributed by atoms with Crippen molar-refractivity contribution in [1.82, 2.24) is 4.90 Å². The van der Waals surface area contributed by atoms with Gasteiger partial charge in [0.2, 0.25) is 0 Å². The number of imide groups is 1. The van der Waals surface area contributed by atoms with Gasteiger partial charge < -0.3 is 0 Å². The van der Waals surface area contributed by atoms with Crippen molar-refractivity contribution < 1.29 is 9.59 Å². The predicted molar refractivity (Wildman–Crippen MR) is 119 cm³/mol. The summed E-state index contributed by atoms with van der Waals surface area (Å²) in [5, 5.41) is 0. The van der Waals surface area contributed by atoms with Crippen LogP contribution >= 0.6 is 11.3 Å². The van der Waals surface area contributed by atoms with Gasteiger partial charge in [-0.2, -0.15) is 0 Å². The van der Waals surface area contributed by atoms with Gasteiger partial charge in [-0.1, -0.05) is 0 Å². The Hall–Kier alpha value is 0.437. The van der Waals surface area contributed by atoms with E-state index in [0.29, 0.717) is 6.54 Å². The van der Waals surface area contributed by atoms with Crippen molar-refractivity contribution in [3.8, 4) is 0 Å². The second-order valence-corrected chi connectivity index (χ2v) is 41.2. The molecule has 1 aliphatic rings. The molecule has 0 unspecified atom stereocenters. The second kappa shape index (κ2) is 8.85. The summed E-state index contributed by atoms with van der Waals surface area (Å²) < 4.78 is 2.64. The number of hydrogen-bond acceptors (Lipinski definition) is 3. The minimum absolute atomic E-state index is 0.0122. The molecule has 6 heteroatoms. The summed E-state index contributed by atoms with van der Waals surface area (Å²) in [5.74, 6) is 0.0245. The molecule has 0 radical (unpaired) electrons. The predicted octanol–water partition coefficient (Wildman–Crippen LogP) is 4.80. The molecule has 0 N–H and O–H groups in total. The Bertz CT molecular complexity index is 635. The standard InChI is InChI=1S/C14H17NO2S.6CH3.2Sn/c1-2-3-4-5-6-7-8-15-13(16)11-9-18-10-12(11)14(15)17;;;;;;;;/h2-8H2,1H3;6*1H3;;. The van der Waals surface area contributed by atoms with E-state index in [1.807, 2.05) is 11.3 Å². The Kier molecular flexibility index (Phi) is 7.73. The van der Waals surface area contributed by atoms with E-state index in [9.17, 15) is 9.59 Å². The molecule has 0 spiro atoms. The first-order chi connectivity index (χ1) is 12.0. The number of thiophene rings is 1. The number of amides is 2. The zero-order valence-electron chi connectivity index (χ0n) is 17.6. The van der Waals surface area contributed by atoms with Crippen LogP contribution in [0.4, 0.5) is 0 Å². The van der Waals surface area contributed by atoms with Gasteiger partial charge in [0.05, 0.1) is 0 Å². The number of carbonyl (C=O) groups is 2. The maximum absolute atomic E-state index is 13.1. The Labute approximate surface area is 171 Å². The van der Waals surface area contributed by atoms with Gasteiger partial charge >= 0.3 is 173 Å². The molecule has 3 nitrogen and oxygen atoms in total. The number of unbranched alkanes of at least 4 members (excludes halogenated alkanes) is 5. The SMILES string of the molecule is CCCCCCCCN1C(=O)c2[c]([Sn]([CH3])([CH3])[CH3])s[c]([Sn]([CH3])([CH3])[CH3])c2C1=O. The first-order valence-electron chi connectivity index (χ1n) is 10.0. The van der Waals surface area contributed by atoms with Crippen molar-refractivity contribution in [1.29, 1.82) is 0 Å². The first-order valence-corrected chi connectivity index (χ1v) is 30.8. The molecule has 0 aliphatic carbocycles. The van der Waals surface area contributed by atoms with E-state index in [1.165, 1.54) is 31.5 Å². The number of hydrogen-bond donors (Lipinski definition) is 0. The fourth-order valence-electron chi connectivity index (χ4n) is 3.51. The molecule has 0 aromatic carbocycles. The Balaban J connectivity index is 2.24. The van der Waals surface area contributed by atoms with E-state index < -0.39 is 36.8 Å². The molecule has 0 saturated heterocycles. The van der Waals surface area contributed by atoms with Gasteiger partial charge in [0.1, 0.15) is 0 Å². The molecule has 0 bridgehead atoms. The summed E-state index contributed by atoms with van der Waals surface area (Å²) in [6.45, 7) is 2.82. The average molecular weight is 591 g/mol. The van der Waals surface area contributed by atoms with E-state index in [0.717, 1.165) is 24.0 Å². The van der Waals surface area contributed by atoms with E-state index in [2.05, 4.69) is 36.6 Å². The van der Waals surface area contributed by atoms with E-state index in [-0.39, 0.29) is 11.8 Å². The van der Waals surface area contributed by atoms with Crippen molar-refractivity contribution in [2.24, 2.45) is 0 Å². The van der Waals surface area contributed by atoms with E-state index in [1.54, 1.807) is 4.90 Å². The fraction of sp³-hybridized carbons (Fsp3) is 0.700. The van der Waals surface area contributed by atoms with Gasteiger partial charge in [-0.05, 0) is 0 Å². The monoisotopic (exact) mass is 593 g/mol. The van der Waals surface area contributed by atoms with Crippen LogP contribution in [0.5, 0.6) is 0 Å². The quantitative estimate of drug-likeness (QED) is 0.236. The third kappa shape index (κ3) is 4.88. The summed E-state index contributed by atoms with van der Waals surface area (Å²) in [7, 11) is 0. The van der Waals surface area contributed by atoms with E-state index in [4.69, 9.17) is 0 Å². The molecule has 0 fully saturated rings. The normalized spacial score (nSPS) is 15.1. The van der Waals surface area contributed by atoms with Crippen LogP contribution in [-0.2, 0) is 0 Å². The van der Waals surface area contributed by atoms with Gasteiger partial charge in [-0.15, -0.1) is 0 Å². The van der Waals surface area contributed by atoms with Gasteiger partial charge in [0.25, 0.3) is 0 Å². The molecule has 1 aromatic rings. The van der Waals surface area contributed by atoms with Crippen LogP contribution < -0.4 is 5.79 Å². The topological polar surface area (TPSA) is 37.4 Å². The second-order valence-electron chi connectivity index (χ2n) is 9.54. The van der Waals surface area contributed by atoms with Crippen molar-refractivity contribution >= 4 is 65.7 Å². The van der Waals surface area contributed by atoms with Crippen LogP contribution in [0.15, 0.2) is 0 Å².